The molecule has 1 aliphatic rings. The molecule has 19 heavy (non-hydrogen) atoms. The predicted molar refractivity (Wildman–Crippen MR) is 76.6 cm³/mol. The van der Waals surface area contributed by atoms with E-state index in [0.717, 1.165) is 35.4 Å². The van der Waals surface area contributed by atoms with E-state index in [9.17, 15) is 0 Å². The van der Waals surface area contributed by atoms with Crippen molar-refractivity contribution in [2.24, 2.45) is 17.6 Å². The fourth-order valence-corrected chi connectivity index (χ4v) is 2.41. The van der Waals surface area contributed by atoms with Gasteiger partial charge in [-0.1, -0.05) is 6.92 Å². The molecule has 0 bridgehead atoms. The monoisotopic (exact) mass is 264 g/mol. The number of rotatable bonds is 7. The molecule has 1 aliphatic carbocycles. The van der Waals surface area contributed by atoms with Gasteiger partial charge < -0.3 is 20.5 Å². The van der Waals surface area contributed by atoms with Gasteiger partial charge in [-0.3, -0.25) is 0 Å². The standard InChI is InChI=1S/C15H24N2O2/c1-10-6-11(10)9-17-14(8-16)13-7-12(18-2)4-5-15(13)19-3/h4-5,7,10-11,14,17H,6,8-9,16H2,1-3H3. The van der Waals surface area contributed by atoms with E-state index in [1.165, 1.54) is 6.42 Å². The second-order valence-corrected chi connectivity index (χ2v) is 5.28. The Hall–Kier alpha value is -1.26. The van der Waals surface area contributed by atoms with E-state index in [0.29, 0.717) is 6.54 Å². The summed E-state index contributed by atoms with van der Waals surface area (Å²) in [6, 6.07) is 5.94. The maximum absolute atomic E-state index is 5.90. The first-order valence-corrected chi connectivity index (χ1v) is 6.85. The average molecular weight is 264 g/mol. The minimum Gasteiger partial charge on any atom is -0.497 e. The lowest BCUT2D eigenvalue weighted by Gasteiger charge is -2.20. The van der Waals surface area contributed by atoms with E-state index >= 15 is 0 Å². The van der Waals surface area contributed by atoms with Crippen LogP contribution in [0.1, 0.15) is 24.9 Å². The molecule has 106 valence electrons. The van der Waals surface area contributed by atoms with Crippen molar-refractivity contribution in [3.8, 4) is 11.5 Å². The van der Waals surface area contributed by atoms with Crippen LogP contribution in [0.25, 0.3) is 0 Å². The first kappa shape index (κ1) is 14.2. The zero-order valence-corrected chi connectivity index (χ0v) is 12.0. The number of nitrogens with one attached hydrogen (secondary N) is 1. The highest BCUT2D eigenvalue weighted by molar-refractivity contribution is 5.42. The van der Waals surface area contributed by atoms with Crippen LogP contribution in [0.4, 0.5) is 0 Å². The molecule has 4 nitrogen and oxygen atoms in total. The normalized spacial score (nSPS) is 22.9. The minimum atomic E-state index is 0.109. The molecule has 1 aromatic rings. The third kappa shape index (κ3) is 3.39. The summed E-state index contributed by atoms with van der Waals surface area (Å²) in [7, 11) is 3.35. The lowest BCUT2D eigenvalue weighted by atomic mass is 10.0. The highest BCUT2D eigenvalue weighted by Gasteiger charge is 2.32. The molecule has 2 rings (SSSR count). The smallest absolute Gasteiger partial charge is 0.123 e. The maximum Gasteiger partial charge on any atom is 0.123 e. The van der Waals surface area contributed by atoms with Gasteiger partial charge >= 0.3 is 0 Å². The van der Waals surface area contributed by atoms with Gasteiger partial charge in [0, 0.05) is 18.2 Å². The van der Waals surface area contributed by atoms with E-state index in [-0.39, 0.29) is 6.04 Å². The fourth-order valence-electron chi connectivity index (χ4n) is 2.41. The number of methoxy groups -OCH3 is 2. The average Bonchev–Trinajstić information content (AvgIpc) is 3.15. The number of benzene rings is 1. The number of hydrogen-bond donors (Lipinski definition) is 2. The van der Waals surface area contributed by atoms with Gasteiger partial charge in [0.2, 0.25) is 0 Å². The molecule has 0 saturated heterocycles. The summed E-state index contributed by atoms with van der Waals surface area (Å²) in [4.78, 5) is 0. The van der Waals surface area contributed by atoms with E-state index < -0.39 is 0 Å². The number of hydrogen-bond acceptors (Lipinski definition) is 4. The molecule has 1 aromatic carbocycles. The third-order valence-electron chi connectivity index (χ3n) is 3.95. The Morgan fingerprint density at radius 1 is 1.37 bits per heavy atom. The van der Waals surface area contributed by atoms with Crippen molar-refractivity contribution in [1.82, 2.24) is 5.32 Å². The molecule has 3 unspecified atom stereocenters. The predicted octanol–water partition coefficient (Wildman–Crippen LogP) is 1.95. The van der Waals surface area contributed by atoms with Crippen molar-refractivity contribution in [3.63, 3.8) is 0 Å². The van der Waals surface area contributed by atoms with Crippen LogP contribution < -0.4 is 20.5 Å². The molecule has 0 radical (unpaired) electrons. The summed E-state index contributed by atoms with van der Waals surface area (Å²) in [6.45, 7) is 3.85. The van der Waals surface area contributed by atoms with Crippen LogP contribution in [0.3, 0.4) is 0 Å². The first-order valence-electron chi connectivity index (χ1n) is 6.85. The van der Waals surface area contributed by atoms with E-state index in [1.807, 2.05) is 18.2 Å². The van der Waals surface area contributed by atoms with Crippen molar-refractivity contribution < 1.29 is 9.47 Å². The van der Waals surface area contributed by atoms with Gasteiger partial charge in [0.15, 0.2) is 0 Å². The molecular formula is C15H24N2O2. The Morgan fingerprint density at radius 2 is 2.11 bits per heavy atom. The highest BCUT2D eigenvalue weighted by atomic mass is 16.5. The SMILES string of the molecule is COc1ccc(OC)c(C(CN)NCC2CC2C)c1. The summed E-state index contributed by atoms with van der Waals surface area (Å²) < 4.78 is 10.7. The second kappa shape index (κ2) is 6.26. The molecule has 3 N–H and O–H groups in total. The van der Waals surface area contributed by atoms with Crippen LogP contribution in [0, 0.1) is 11.8 Å². The van der Waals surface area contributed by atoms with Gasteiger partial charge in [0.25, 0.3) is 0 Å². The van der Waals surface area contributed by atoms with Gasteiger partial charge in [-0.25, -0.2) is 0 Å². The Bertz CT molecular complexity index is 423. The van der Waals surface area contributed by atoms with Crippen molar-refractivity contribution >= 4 is 0 Å². The van der Waals surface area contributed by atoms with Crippen molar-refractivity contribution in [1.29, 1.82) is 0 Å². The zero-order chi connectivity index (χ0) is 13.8. The van der Waals surface area contributed by atoms with Gasteiger partial charge in [0.1, 0.15) is 11.5 Å². The largest absolute Gasteiger partial charge is 0.497 e. The summed E-state index contributed by atoms with van der Waals surface area (Å²) in [5.41, 5.74) is 6.97. The van der Waals surface area contributed by atoms with Gasteiger partial charge in [-0.05, 0) is 43.0 Å². The maximum atomic E-state index is 5.90. The Labute approximate surface area is 115 Å². The van der Waals surface area contributed by atoms with E-state index in [4.69, 9.17) is 15.2 Å². The molecule has 0 spiro atoms. The second-order valence-electron chi connectivity index (χ2n) is 5.28. The zero-order valence-electron chi connectivity index (χ0n) is 12.0. The fraction of sp³-hybridized carbons (Fsp3) is 0.600. The summed E-state index contributed by atoms with van der Waals surface area (Å²) in [5.74, 6) is 3.33. The number of nitrogens with two attached hydrogens (primary N) is 1. The van der Waals surface area contributed by atoms with Crippen molar-refractivity contribution in [2.75, 3.05) is 27.3 Å². The van der Waals surface area contributed by atoms with Gasteiger partial charge in [-0.15, -0.1) is 0 Å². The molecule has 0 amide bonds. The van der Waals surface area contributed by atoms with Crippen LogP contribution in [0.2, 0.25) is 0 Å². The van der Waals surface area contributed by atoms with Gasteiger partial charge in [-0.2, -0.15) is 0 Å². The molecular weight excluding hydrogens is 240 g/mol. The summed E-state index contributed by atoms with van der Waals surface area (Å²) in [5, 5.41) is 3.54. The van der Waals surface area contributed by atoms with Crippen LogP contribution in [0.5, 0.6) is 11.5 Å². The Morgan fingerprint density at radius 3 is 2.63 bits per heavy atom. The molecule has 3 atom stereocenters. The lowest BCUT2D eigenvalue weighted by Crippen LogP contribution is -2.30. The summed E-state index contributed by atoms with van der Waals surface area (Å²) in [6.07, 6.45) is 1.32. The van der Waals surface area contributed by atoms with Crippen LogP contribution in [-0.2, 0) is 0 Å². The highest BCUT2D eigenvalue weighted by Crippen LogP contribution is 2.37. The van der Waals surface area contributed by atoms with E-state index in [2.05, 4.69) is 12.2 Å². The van der Waals surface area contributed by atoms with Crippen molar-refractivity contribution in [2.45, 2.75) is 19.4 Å². The van der Waals surface area contributed by atoms with Crippen LogP contribution >= 0.6 is 0 Å². The van der Waals surface area contributed by atoms with Gasteiger partial charge in [0.05, 0.1) is 14.2 Å². The van der Waals surface area contributed by atoms with Crippen molar-refractivity contribution in [3.05, 3.63) is 23.8 Å². The van der Waals surface area contributed by atoms with Crippen LogP contribution in [-0.4, -0.2) is 27.3 Å². The van der Waals surface area contributed by atoms with E-state index in [1.54, 1.807) is 14.2 Å². The molecule has 1 saturated carbocycles. The molecule has 0 aliphatic heterocycles. The third-order valence-corrected chi connectivity index (χ3v) is 3.95. The molecule has 0 heterocycles. The number of ether oxygens (including phenoxy) is 2. The molecule has 1 fully saturated rings. The molecule has 0 aromatic heterocycles. The minimum absolute atomic E-state index is 0.109. The molecule has 4 heteroatoms. The first-order chi connectivity index (χ1) is 9.19. The lowest BCUT2D eigenvalue weighted by molar-refractivity contribution is 0.388. The van der Waals surface area contributed by atoms with Crippen LogP contribution in [0.15, 0.2) is 18.2 Å². The summed E-state index contributed by atoms with van der Waals surface area (Å²) >= 11 is 0. The Kier molecular flexibility index (Phi) is 4.66. The topological polar surface area (TPSA) is 56.5 Å². The Balaban J connectivity index is 2.10. The quantitative estimate of drug-likeness (QED) is 0.790.